The van der Waals surface area contributed by atoms with Crippen molar-refractivity contribution in [1.29, 1.82) is 0 Å². The number of nitrogens with zero attached hydrogens (tertiary/aromatic N) is 2. The lowest BCUT2D eigenvalue weighted by Gasteiger charge is -1.96. The Labute approximate surface area is 104 Å². The number of aromatic nitrogens is 1. The SMILES string of the molecule is CCOC(=O)CC#Cc1ccc([N+](=O)[O-])c(C)n1. The van der Waals surface area contributed by atoms with E-state index in [0.717, 1.165) is 0 Å². The van der Waals surface area contributed by atoms with E-state index in [1.54, 1.807) is 6.92 Å². The van der Waals surface area contributed by atoms with Gasteiger partial charge >= 0.3 is 5.97 Å². The summed E-state index contributed by atoms with van der Waals surface area (Å²) in [6.07, 6.45) is -0.0223. The molecule has 0 unspecified atom stereocenters. The first-order valence-corrected chi connectivity index (χ1v) is 5.31. The normalized spacial score (nSPS) is 9.22. The molecule has 18 heavy (non-hydrogen) atoms. The third-order valence-corrected chi connectivity index (χ3v) is 2.01. The smallest absolute Gasteiger partial charge is 0.317 e. The molecule has 0 bridgehead atoms. The maximum Gasteiger partial charge on any atom is 0.317 e. The Hall–Kier alpha value is -2.42. The molecule has 0 fully saturated rings. The Morgan fingerprint density at radius 1 is 1.56 bits per heavy atom. The zero-order valence-corrected chi connectivity index (χ0v) is 10.1. The predicted octanol–water partition coefficient (Wildman–Crippen LogP) is 1.60. The van der Waals surface area contributed by atoms with Crippen LogP contribution in [0.4, 0.5) is 5.69 Å². The highest BCUT2D eigenvalue weighted by Crippen LogP contribution is 2.14. The van der Waals surface area contributed by atoms with Gasteiger partial charge in [0.1, 0.15) is 17.8 Å². The van der Waals surface area contributed by atoms with Crippen LogP contribution in [-0.4, -0.2) is 22.5 Å². The van der Waals surface area contributed by atoms with Gasteiger partial charge in [0.2, 0.25) is 0 Å². The number of pyridine rings is 1. The van der Waals surface area contributed by atoms with E-state index in [2.05, 4.69) is 16.8 Å². The summed E-state index contributed by atoms with van der Waals surface area (Å²) in [5, 5.41) is 10.6. The zero-order valence-electron chi connectivity index (χ0n) is 10.1. The highest BCUT2D eigenvalue weighted by Gasteiger charge is 2.10. The summed E-state index contributed by atoms with van der Waals surface area (Å²) < 4.78 is 4.70. The van der Waals surface area contributed by atoms with Gasteiger partial charge in [-0.3, -0.25) is 14.9 Å². The second kappa shape index (κ2) is 6.35. The van der Waals surface area contributed by atoms with Gasteiger partial charge in [0, 0.05) is 6.07 Å². The zero-order chi connectivity index (χ0) is 13.5. The summed E-state index contributed by atoms with van der Waals surface area (Å²) in [6.45, 7) is 3.57. The monoisotopic (exact) mass is 248 g/mol. The van der Waals surface area contributed by atoms with Gasteiger partial charge in [0.25, 0.3) is 5.69 Å². The average molecular weight is 248 g/mol. The summed E-state index contributed by atoms with van der Waals surface area (Å²) in [5.74, 6) is 4.86. The van der Waals surface area contributed by atoms with E-state index in [9.17, 15) is 14.9 Å². The molecule has 0 spiro atoms. The standard InChI is InChI=1S/C12H12N2O4/c1-3-18-12(15)6-4-5-10-7-8-11(14(16)17)9(2)13-10/h7-8H,3,6H2,1-2H3. The minimum Gasteiger partial charge on any atom is -0.465 e. The third-order valence-electron chi connectivity index (χ3n) is 2.01. The van der Waals surface area contributed by atoms with Crippen molar-refractivity contribution in [3.63, 3.8) is 0 Å². The summed E-state index contributed by atoms with van der Waals surface area (Å²) >= 11 is 0. The molecule has 0 atom stereocenters. The number of nitro groups is 1. The highest BCUT2D eigenvalue weighted by molar-refractivity contribution is 5.72. The van der Waals surface area contributed by atoms with Crippen LogP contribution >= 0.6 is 0 Å². The van der Waals surface area contributed by atoms with E-state index in [1.807, 2.05) is 0 Å². The van der Waals surface area contributed by atoms with E-state index >= 15 is 0 Å². The molecule has 0 aliphatic rings. The molecule has 94 valence electrons. The molecule has 0 aromatic carbocycles. The van der Waals surface area contributed by atoms with Crippen LogP contribution < -0.4 is 0 Å². The average Bonchev–Trinajstić information content (AvgIpc) is 2.29. The van der Waals surface area contributed by atoms with E-state index in [1.165, 1.54) is 19.1 Å². The summed E-state index contributed by atoms with van der Waals surface area (Å²) in [7, 11) is 0. The van der Waals surface area contributed by atoms with Crippen LogP contribution in [0.5, 0.6) is 0 Å². The molecule has 1 aromatic heterocycles. The molecule has 0 amide bonds. The highest BCUT2D eigenvalue weighted by atomic mass is 16.6. The van der Waals surface area contributed by atoms with E-state index in [-0.39, 0.29) is 12.1 Å². The van der Waals surface area contributed by atoms with Crippen LogP contribution in [-0.2, 0) is 9.53 Å². The van der Waals surface area contributed by atoms with E-state index in [4.69, 9.17) is 4.74 Å². The summed E-state index contributed by atoms with van der Waals surface area (Å²) in [6, 6.07) is 2.79. The van der Waals surface area contributed by atoms with Crippen molar-refractivity contribution < 1.29 is 14.5 Å². The Morgan fingerprint density at radius 3 is 2.83 bits per heavy atom. The number of carbonyl (C=O) groups excluding carboxylic acids is 1. The van der Waals surface area contributed by atoms with Crippen LogP contribution in [0, 0.1) is 28.9 Å². The second-order valence-corrected chi connectivity index (χ2v) is 3.34. The number of hydrogen-bond acceptors (Lipinski definition) is 5. The summed E-state index contributed by atoms with van der Waals surface area (Å²) in [5.41, 5.74) is 0.635. The molecule has 1 aromatic rings. The van der Waals surface area contributed by atoms with Crippen molar-refractivity contribution in [1.82, 2.24) is 4.98 Å². The number of ether oxygens (including phenoxy) is 1. The van der Waals surface area contributed by atoms with Crippen molar-refractivity contribution in [2.45, 2.75) is 20.3 Å². The van der Waals surface area contributed by atoms with E-state index in [0.29, 0.717) is 18.0 Å². The molecule has 1 rings (SSSR count). The molecular formula is C12H12N2O4. The first-order chi connectivity index (χ1) is 8.54. The lowest BCUT2D eigenvalue weighted by atomic mass is 10.2. The number of carbonyl (C=O) groups is 1. The van der Waals surface area contributed by atoms with Gasteiger partial charge in [-0.2, -0.15) is 0 Å². The van der Waals surface area contributed by atoms with Crippen LogP contribution in [0.1, 0.15) is 24.7 Å². The van der Waals surface area contributed by atoms with Gasteiger partial charge in [-0.1, -0.05) is 5.92 Å². The van der Waals surface area contributed by atoms with Gasteiger partial charge in [-0.15, -0.1) is 0 Å². The topological polar surface area (TPSA) is 82.3 Å². The van der Waals surface area contributed by atoms with Gasteiger partial charge in [0.15, 0.2) is 0 Å². The fraction of sp³-hybridized carbons (Fsp3) is 0.333. The third kappa shape index (κ3) is 3.87. The lowest BCUT2D eigenvalue weighted by molar-refractivity contribution is -0.385. The quantitative estimate of drug-likeness (QED) is 0.351. The molecule has 0 saturated carbocycles. The van der Waals surface area contributed by atoms with Crippen molar-refractivity contribution in [3.8, 4) is 11.8 Å². The largest absolute Gasteiger partial charge is 0.465 e. The van der Waals surface area contributed by atoms with Crippen LogP contribution in [0.25, 0.3) is 0 Å². The molecule has 6 heteroatoms. The molecule has 0 saturated heterocycles. The first kappa shape index (κ1) is 13.6. The fourth-order valence-electron chi connectivity index (χ4n) is 1.24. The first-order valence-electron chi connectivity index (χ1n) is 5.31. The number of rotatable bonds is 3. The van der Waals surface area contributed by atoms with Gasteiger partial charge in [0.05, 0.1) is 11.5 Å². The molecule has 0 aliphatic carbocycles. The van der Waals surface area contributed by atoms with E-state index < -0.39 is 10.9 Å². The summed E-state index contributed by atoms with van der Waals surface area (Å²) in [4.78, 5) is 25.1. The minimum absolute atomic E-state index is 0.0223. The van der Waals surface area contributed by atoms with Crippen molar-refractivity contribution in [2.75, 3.05) is 6.61 Å². The molecular weight excluding hydrogens is 236 g/mol. The van der Waals surface area contributed by atoms with Crippen molar-refractivity contribution in [2.24, 2.45) is 0 Å². The lowest BCUT2D eigenvalue weighted by Crippen LogP contribution is -2.01. The number of hydrogen-bond donors (Lipinski definition) is 0. The Kier molecular flexibility index (Phi) is 4.81. The molecule has 6 nitrogen and oxygen atoms in total. The maximum atomic E-state index is 11.0. The fourth-order valence-corrected chi connectivity index (χ4v) is 1.24. The second-order valence-electron chi connectivity index (χ2n) is 3.34. The minimum atomic E-state index is -0.502. The molecule has 0 N–H and O–H groups in total. The van der Waals surface area contributed by atoms with Crippen molar-refractivity contribution >= 4 is 11.7 Å². The van der Waals surface area contributed by atoms with Gasteiger partial charge in [-0.25, -0.2) is 4.98 Å². The predicted molar refractivity (Wildman–Crippen MR) is 63.8 cm³/mol. The Balaban J connectivity index is 2.75. The van der Waals surface area contributed by atoms with Crippen LogP contribution in [0.3, 0.4) is 0 Å². The maximum absolute atomic E-state index is 11.0. The number of aryl methyl sites for hydroxylation is 1. The van der Waals surface area contributed by atoms with Gasteiger partial charge in [-0.05, 0) is 25.8 Å². The molecule has 0 radical (unpaired) electrons. The Morgan fingerprint density at radius 2 is 2.28 bits per heavy atom. The van der Waals surface area contributed by atoms with Crippen LogP contribution in [0.2, 0.25) is 0 Å². The molecule has 1 heterocycles. The molecule has 0 aliphatic heterocycles. The number of esters is 1. The van der Waals surface area contributed by atoms with Gasteiger partial charge < -0.3 is 4.74 Å². The van der Waals surface area contributed by atoms with Crippen LogP contribution in [0.15, 0.2) is 12.1 Å². The van der Waals surface area contributed by atoms with Crippen molar-refractivity contribution in [3.05, 3.63) is 33.6 Å². The Bertz CT molecular complexity index is 529.